The van der Waals surface area contributed by atoms with Gasteiger partial charge in [0.1, 0.15) is 21.9 Å². The Kier molecular flexibility index (Phi) is 4.96. The molecule has 8 nitrogen and oxygen atoms in total. The summed E-state index contributed by atoms with van der Waals surface area (Å²) in [4.78, 5) is 29.1. The Hall–Kier alpha value is -2.47. The highest BCUT2D eigenvalue weighted by molar-refractivity contribution is 8.02. The van der Waals surface area contributed by atoms with E-state index in [1.807, 2.05) is 26.0 Å². The number of amides is 1. The highest BCUT2D eigenvalue weighted by atomic mass is 32.2. The van der Waals surface area contributed by atoms with E-state index in [0.29, 0.717) is 13.1 Å². The van der Waals surface area contributed by atoms with Crippen molar-refractivity contribution in [3.8, 4) is 6.07 Å². The van der Waals surface area contributed by atoms with Crippen molar-refractivity contribution >= 4 is 35.1 Å². The van der Waals surface area contributed by atoms with Gasteiger partial charge in [0.05, 0.1) is 12.0 Å². The van der Waals surface area contributed by atoms with Crippen molar-refractivity contribution in [3.05, 3.63) is 18.3 Å². The lowest BCUT2D eigenvalue weighted by Gasteiger charge is -2.22. The molecule has 1 aromatic rings. The molecule has 0 radical (unpaired) electrons. The lowest BCUT2D eigenvalue weighted by molar-refractivity contribution is -0.139. The maximum atomic E-state index is 12.8. The molecule has 0 bridgehead atoms. The number of nitrogens with zero attached hydrogens (tertiary/aromatic N) is 3. The van der Waals surface area contributed by atoms with Gasteiger partial charge in [-0.2, -0.15) is 5.26 Å². The molecule has 1 saturated carbocycles. The summed E-state index contributed by atoms with van der Waals surface area (Å²) in [5.41, 5.74) is 0.829. The predicted octanol–water partition coefficient (Wildman–Crippen LogP) is 1.44. The molecular formula is C17H21N5O3S. The molecule has 3 N–H and O–H groups in total. The van der Waals surface area contributed by atoms with E-state index >= 15 is 0 Å². The number of aromatic nitrogens is 1. The highest BCUT2D eigenvalue weighted by Gasteiger charge is 2.77. The number of anilines is 2. The Labute approximate surface area is 156 Å². The van der Waals surface area contributed by atoms with Crippen LogP contribution >= 0.6 is 11.8 Å². The molecule has 1 aliphatic carbocycles. The molecular weight excluding hydrogens is 354 g/mol. The van der Waals surface area contributed by atoms with Gasteiger partial charge >= 0.3 is 5.97 Å². The van der Waals surface area contributed by atoms with Gasteiger partial charge < -0.3 is 20.6 Å². The maximum Gasteiger partial charge on any atom is 0.311 e. The third-order valence-electron chi connectivity index (χ3n) is 4.74. The molecule has 0 aromatic carbocycles. The third kappa shape index (κ3) is 2.84. The topological polar surface area (TPSA) is 118 Å². The summed E-state index contributed by atoms with van der Waals surface area (Å²) in [5, 5.41) is 24.7. The zero-order valence-electron chi connectivity index (χ0n) is 14.6. The van der Waals surface area contributed by atoms with Gasteiger partial charge in [-0.25, -0.2) is 4.98 Å². The average molecular weight is 375 g/mol. The number of carbonyl (C=O) groups excluding carboxylic acids is 1. The van der Waals surface area contributed by atoms with Crippen molar-refractivity contribution in [2.45, 2.75) is 24.0 Å². The van der Waals surface area contributed by atoms with Gasteiger partial charge in [-0.05, 0) is 19.9 Å². The van der Waals surface area contributed by atoms with E-state index in [0.717, 1.165) is 18.1 Å². The van der Waals surface area contributed by atoms with Gasteiger partial charge in [-0.15, -0.1) is 11.8 Å². The predicted molar refractivity (Wildman–Crippen MR) is 98.6 cm³/mol. The van der Waals surface area contributed by atoms with E-state index < -0.39 is 27.9 Å². The van der Waals surface area contributed by atoms with Crippen LogP contribution in [0.25, 0.3) is 0 Å². The summed E-state index contributed by atoms with van der Waals surface area (Å²) in [6.45, 7) is 5.31. The van der Waals surface area contributed by atoms with Gasteiger partial charge in [0.15, 0.2) is 0 Å². The summed E-state index contributed by atoms with van der Waals surface area (Å²) >= 11 is 1.30. The fourth-order valence-corrected chi connectivity index (χ4v) is 5.42. The molecule has 1 saturated heterocycles. The van der Waals surface area contributed by atoms with Gasteiger partial charge in [-0.1, -0.05) is 0 Å². The quantitative estimate of drug-likeness (QED) is 0.655. The molecule has 1 aromatic heterocycles. The molecule has 9 heteroatoms. The SMILES string of the molecule is CCNc1cc(NCC2SC3(C(C#N)C3C(=O)O)N(CC)C2=O)ccn1. The first-order valence-electron chi connectivity index (χ1n) is 8.55. The smallest absolute Gasteiger partial charge is 0.311 e. The minimum absolute atomic E-state index is 0.116. The molecule has 2 aliphatic rings. The Morgan fingerprint density at radius 2 is 2.27 bits per heavy atom. The Morgan fingerprint density at radius 3 is 2.85 bits per heavy atom. The number of carboxylic acid groups (broad SMARTS) is 1. The zero-order valence-corrected chi connectivity index (χ0v) is 15.4. The number of pyridine rings is 1. The van der Waals surface area contributed by atoms with Gasteiger partial charge in [0.25, 0.3) is 0 Å². The summed E-state index contributed by atoms with van der Waals surface area (Å²) in [5.74, 6) is -1.89. The number of nitriles is 1. The van der Waals surface area contributed by atoms with E-state index in [4.69, 9.17) is 0 Å². The summed E-state index contributed by atoms with van der Waals surface area (Å²) < 4.78 is 0. The van der Waals surface area contributed by atoms with E-state index in [2.05, 4.69) is 21.7 Å². The first kappa shape index (κ1) is 18.3. The van der Waals surface area contributed by atoms with Crippen molar-refractivity contribution < 1.29 is 14.7 Å². The van der Waals surface area contributed by atoms with Crippen LogP contribution in [-0.2, 0) is 9.59 Å². The van der Waals surface area contributed by atoms with Crippen LogP contribution in [0.4, 0.5) is 11.5 Å². The molecule has 138 valence electrons. The first-order valence-corrected chi connectivity index (χ1v) is 9.43. The molecule has 1 spiro atoms. The largest absolute Gasteiger partial charge is 0.481 e. The number of nitrogens with one attached hydrogen (secondary N) is 2. The second-order valence-electron chi connectivity index (χ2n) is 6.20. The van der Waals surface area contributed by atoms with Crippen molar-refractivity contribution in [1.82, 2.24) is 9.88 Å². The number of thioether (sulfide) groups is 1. The van der Waals surface area contributed by atoms with Crippen LogP contribution in [-0.4, -0.2) is 56.6 Å². The fourth-order valence-electron chi connectivity index (χ4n) is 3.57. The zero-order chi connectivity index (χ0) is 18.9. The van der Waals surface area contributed by atoms with Crippen LogP contribution in [0.15, 0.2) is 18.3 Å². The van der Waals surface area contributed by atoms with Crippen LogP contribution in [0.2, 0.25) is 0 Å². The first-order chi connectivity index (χ1) is 12.5. The summed E-state index contributed by atoms with van der Waals surface area (Å²) in [6.07, 6.45) is 1.68. The lowest BCUT2D eigenvalue weighted by atomic mass is 10.3. The fraction of sp³-hybridized carbons (Fsp3) is 0.529. The summed E-state index contributed by atoms with van der Waals surface area (Å²) in [6, 6.07) is 5.74. The van der Waals surface area contributed by atoms with Crippen molar-refractivity contribution in [2.24, 2.45) is 11.8 Å². The van der Waals surface area contributed by atoms with Crippen molar-refractivity contribution in [3.63, 3.8) is 0 Å². The number of carbonyl (C=O) groups is 2. The minimum atomic E-state index is -1.02. The van der Waals surface area contributed by atoms with E-state index in [1.54, 1.807) is 11.1 Å². The molecule has 26 heavy (non-hydrogen) atoms. The number of hydrogen-bond donors (Lipinski definition) is 3. The number of carboxylic acids is 1. The van der Waals surface area contributed by atoms with Crippen LogP contribution in [0.5, 0.6) is 0 Å². The second-order valence-corrected chi connectivity index (χ2v) is 7.66. The van der Waals surface area contributed by atoms with Crippen LogP contribution in [0.3, 0.4) is 0 Å². The number of rotatable bonds is 7. The monoisotopic (exact) mass is 375 g/mol. The average Bonchev–Trinajstić information content (AvgIpc) is 3.18. The number of hydrogen-bond acceptors (Lipinski definition) is 7. The maximum absolute atomic E-state index is 12.8. The van der Waals surface area contributed by atoms with Crippen molar-refractivity contribution in [1.29, 1.82) is 5.26 Å². The Balaban J connectivity index is 1.72. The molecule has 2 heterocycles. The van der Waals surface area contributed by atoms with Gasteiger partial charge in [0.2, 0.25) is 5.91 Å². The van der Waals surface area contributed by atoms with Crippen LogP contribution < -0.4 is 10.6 Å². The summed E-state index contributed by atoms with van der Waals surface area (Å²) in [7, 11) is 0. The van der Waals surface area contributed by atoms with Crippen LogP contribution in [0.1, 0.15) is 13.8 Å². The molecule has 3 rings (SSSR count). The number of aliphatic carboxylic acids is 1. The van der Waals surface area contributed by atoms with E-state index in [-0.39, 0.29) is 5.91 Å². The molecule has 4 unspecified atom stereocenters. The van der Waals surface area contributed by atoms with E-state index in [9.17, 15) is 20.0 Å². The Morgan fingerprint density at radius 1 is 1.50 bits per heavy atom. The lowest BCUT2D eigenvalue weighted by Crippen LogP contribution is -2.39. The molecule has 1 aliphatic heterocycles. The molecule has 4 atom stereocenters. The van der Waals surface area contributed by atoms with Gasteiger partial charge in [-0.3, -0.25) is 9.59 Å². The third-order valence-corrected chi connectivity index (χ3v) is 6.50. The highest BCUT2D eigenvalue weighted by Crippen LogP contribution is 2.66. The van der Waals surface area contributed by atoms with Crippen molar-refractivity contribution in [2.75, 3.05) is 30.3 Å². The molecule has 1 amide bonds. The minimum Gasteiger partial charge on any atom is -0.481 e. The van der Waals surface area contributed by atoms with E-state index in [1.165, 1.54) is 11.8 Å². The standard InChI is InChI=1S/C17H21N5O3S/c1-3-19-13-7-10(5-6-20-13)21-9-12-15(23)22(4-2)17(26-12)11(8-18)14(17)16(24)25/h5-7,11-12,14H,3-4,9H2,1-2H3,(H,24,25)(H2,19,20,21). The van der Waals surface area contributed by atoms with Gasteiger partial charge in [0, 0.05) is 37.6 Å². The van der Waals surface area contributed by atoms with Crippen LogP contribution in [0, 0.1) is 23.2 Å². The normalized spacial score (nSPS) is 29.5. The Bertz CT molecular complexity index is 767. The second kappa shape index (κ2) is 7.03. The molecule has 2 fully saturated rings.